The Kier molecular flexibility index (Phi) is 7.22. The van der Waals surface area contributed by atoms with E-state index in [1.165, 1.54) is 0 Å². The van der Waals surface area contributed by atoms with E-state index >= 15 is 0 Å². The standard InChI is InChI=1S/C28H36ClN3O3/c1-27(2)25(28(3,4)26(27)35-22-10-7-20(16-30)23(29)15-22)31-24(34)19-5-8-21(9-6-19)32-13-11-18(17-33)12-14-32/h5-10,15,18,20,23,25-26,33H,11-14,17H2,1-4H3,(H,31,34). The molecule has 7 heteroatoms. The van der Waals surface area contributed by atoms with Crippen molar-refractivity contribution in [3.8, 4) is 6.07 Å². The van der Waals surface area contributed by atoms with Gasteiger partial charge < -0.3 is 20.1 Å². The molecule has 0 bridgehead atoms. The summed E-state index contributed by atoms with van der Waals surface area (Å²) >= 11 is 6.30. The van der Waals surface area contributed by atoms with Gasteiger partial charge in [0, 0.05) is 47.8 Å². The number of nitrogens with one attached hydrogen (secondary N) is 1. The number of aliphatic hydroxyl groups is 1. The quantitative estimate of drug-likeness (QED) is 0.559. The van der Waals surface area contributed by atoms with Crippen LogP contribution in [0.2, 0.25) is 0 Å². The fourth-order valence-corrected chi connectivity index (χ4v) is 6.43. The fourth-order valence-electron chi connectivity index (χ4n) is 6.16. The Morgan fingerprint density at radius 2 is 1.83 bits per heavy atom. The Labute approximate surface area is 213 Å². The van der Waals surface area contributed by atoms with Crippen LogP contribution in [0.3, 0.4) is 0 Å². The number of hydrogen-bond donors (Lipinski definition) is 2. The molecule has 1 aromatic carbocycles. The summed E-state index contributed by atoms with van der Waals surface area (Å²) in [4.78, 5) is 15.4. The maximum absolute atomic E-state index is 13.1. The third-order valence-electron chi connectivity index (χ3n) is 8.02. The van der Waals surface area contributed by atoms with E-state index in [-0.39, 0.29) is 41.4 Å². The molecule has 4 rings (SSSR count). The lowest BCUT2D eigenvalue weighted by Gasteiger charge is -2.63. The number of anilines is 1. The molecule has 2 fully saturated rings. The number of aliphatic hydroxyl groups excluding tert-OH is 1. The molecule has 1 saturated carbocycles. The van der Waals surface area contributed by atoms with Crippen LogP contribution in [0.5, 0.6) is 0 Å². The number of nitrogens with zero attached hydrogens (tertiary/aromatic N) is 2. The molecule has 2 aliphatic carbocycles. The van der Waals surface area contributed by atoms with Crippen molar-refractivity contribution in [3.63, 3.8) is 0 Å². The summed E-state index contributed by atoms with van der Waals surface area (Å²) in [6, 6.07) is 9.90. The van der Waals surface area contributed by atoms with Crippen LogP contribution in [0, 0.1) is 34.0 Å². The lowest BCUT2D eigenvalue weighted by atomic mass is 9.49. The molecular weight excluding hydrogens is 462 g/mol. The van der Waals surface area contributed by atoms with Crippen molar-refractivity contribution >= 4 is 23.2 Å². The molecule has 0 radical (unpaired) electrons. The number of rotatable bonds is 6. The second kappa shape index (κ2) is 9.87. The normalized spacial score (nSPS) is 29.5. The van der Waals surface area contributed by atoms with Crippen LogP contribution in [0.4, 0.5) is 5.69 Å². The van der Waals surface area contributed by atoms with E-state index in [4.69, 9.17) is 21.6 Å². The molecule has 0 spiro atoms. The predicted molar refractivity (Wildman–Crippen MR) is 138 cm³/mol. The molecule has 1 aliphatic heterocycles. The van der Waals surface area contributed by atoms with Gasteiger partial charge >= 0.3 is 0 Å². The summed E-state index contributed by atoms with van der Waals surface area (Å²) in [5, 5.41) is 21.4. The van der Waals surface area contributed by atoms with Gasteiger partial charge in [-0.05, 0) is 55.2 Å². The van der Waals surface area contributed by atoms with Gasteiger partial charge in [-0.1, -0.05) is 33.8 Å². The van der Waals surface area contributed by atoms with Crippen molar-refractivity contribution in [2.45, 2.75) is 58.1 Å². The SMILES string of the molecule is CC1(C)C(NC(=O)c2ccc(N3CCC(CO)CC3)cc2)C(C)(C)C1OC1=CC(Cl)C(C#N)C=C1. The summed E-state index contributed by atoms with van der Waals surface area (Å²) in [7, 11) is 0. The first-order valence-corrected chi connectivity index (χ1v) is 12.9. The Balaban J connectivity index is 1.38. The number of nitriles is 1. The number of alkyl halides is 1. The minimum absolute atomic E-state index is 0.0727. The van der Waals surface area contributed by atoms with Crippen LogP contribution in [0.15, 0.2) is 48.3 Å². The number of benzene rings is 1. The number of ether oxygens (including phenoxy) is 1. The Morgan fingerprint density at radius 3 is 2.37 bits per heavy atom. The highest BCUT2D eigenvalue weighted by Crippen LogP contribution is 2.56. The zero-order valence-corrected chi connectivity index (χ0v) is 21.8. The van der Waals surface area contributed by atoms with Crippen LogP contribution >= 0.6 is 11.6 Å². The molecule has 6 nitrogen and oxygen atoms in total. The van der Waals surface area contributed by atoms with Gasteiger partial charge in [0.25, 0.3) is 5.91 Å². The highest BCUT2D eigenvalue weighted by molar-refractivity contribution is 6.22. The van der Waals surface area contributed by atoms with Gasteiger partial charge in [0.2, 0.25) is 0 Å². The second-order valence-electron chi connectivity index (χ2n) is 11.2. The monoisotopic (exact) mass is 497 g/mol. The maximum Gasteiger partial charge on any atom is 0.251 e. The van der Waals surface area contributed by atoms with Gasteiger partial charge in [0.1, 0.15) is 11.9 Å². The first kappa shape index (κ1) is 25.6. The van der Waals surface area contributed by atoms with Gasteiger partial charge in [-0.25, -0.2) is 0 Å². The van der Waals surface area contributed by atoms with Crippen molar-refractivity contribution in [1.29, 1.82) is 5.26 Å². The summed E-state index contributed by atoms with van der Waals surface area (Å²) in [5.41, 5.74) is 1.17. The lowest BCUT2D eigenvalue weighted by molar-refractivity contribution is -0.188. The van der Waals surface area contributed by atoms with Crippen molar-refractivity contribution in [3.05, 3.63) is 53.8 Å². The number of carbonyl (C=O) groups excluding carboxylic acids is 1. The van der Waals surface area contributed by atoms with E-state index in [9.17, 15) is 9.90 Å². The minimum atomic E-state index is -0.411. The summed E-state index contributed by atoms with van der Waals surface area (Å²) < 4.78 is 6.35. The zero-order valence-electron chi connectivity index (χ0n) is 21.0. The van der Waals surface area contributed by atoms with Gasteiger partial charge in [-0.2, -0.15) is 5.26 Å². The van der Waals surface area contributed by atoms with Crippen molar-refractivity contribution in [2.75, 3.05) is 24.6 Å². The summed E-state index contributed by atoms with van der Waals surface area (Å²) in [5.74, 6) is 0.632. The topological polar surface area (TPSA) is 85.6 Å². The van der Waals surface area contributed by atoms with E-state index < -0.39 is 5.38 Å². The molecule has 1 amide bonds. The molecule has 188 valence electrons. The highest BCUT2D eigenvalue weighted by Gasteiger charge is 2.64. The van der Waals surface area contributed by atoms with Crippen molar-refractivity contribution < 1.29 is 14.6 Å². The van der Waals surface area contributed by atoms with Crippen LogP contribution in [0.1, 0.15) is 50.9 Å². The van der Waals surface area contributed by atoms with E-state index in [1.807, 2.05) is 30.3 Å². The zero-order chi connectivity index (χ0) is 25.4. The number of carbonyl (C=O) groups is 1. The van der Waals surface area contributed by atoms with E-state index in [2.05, 4.69) is 44.0 Å². The molecule has 2 unspecified atom stereocenters. The van der Waals surface area contributed by atoms with Crippen molar-refractivity contribution in [2.24, 2.45) is 22.7 Å². The fraction of sp³-hybridized carbons (Fsp3) is 0.571. The molecule has 1 aromatic rings. The Morgan fingerprint density at radius 1 is 1.20 bits per heavy atom. The number of hydrogen-bond acceptors (Lipinski definition) is 5. The Bertz CT molecular complexity index is 1020. The molecule has 2 N–H and O–H groups in total. The van der Waals surface area contributed by atoms with Crippen LogP contribution in [0.25, 0.3) is 0 Å². The van der Waals surface area contributed by atoms with Crippen LogP contribution in [-0.2, 0) is 4.74 Å². The first-order chi connectivity index (χ1) is 16.6. The average Bonchev–Trinajstić information content (AvgIpc) is 2.85. The number of piperidine rings is 1. The van der Waals surface area contributed by atoms with E-state index in [0.717, 1.165) is 31.6 Å². The summed E-state index contributed by atoms with van der Waals surface area (Å²) in [6.45, 7) is 10.5. The van der Waals surface area contributed by atoms with Gasteiger partial charge in [-0.3, -0.25) is 4.79 Å². The molecular formula is C28H36ClN3O3. The molecule has 0 aromatic heterocycles. The van der Waals surface area contributed by atoms with Crippen LogP contribution in [-0.4, -0.2) is 48.2 Å². The third kappa shape index (κ3) is 4.94. The van der Waals surface area contributed by atoms with Crippen LogP contribution < -0.4 is 10.2 Å². The van der Waals surface area contributed by atoms with E-state index in [1.54, 1.807) is 12.2 Å². The molecule has 3 aliphatic rings. The molecule has 35 heavy (non-hydrogen) atoms. The lowest BCUT2D eigenvalue weighted by Crippen LogP contribution is -2.73. The smallest absolute Gasteiger partial charge is 0.251 e. The van der Waals surface area contributed by atoms with Crippen molar-refractivity contribution in [1.82, 2.24) is 5.32 Å². The predicted octanol–water partition coefficient (Wildman–Crippen LogP) is 4.65. The highest BCUT2D eigenvalue weighted by atomic mass is 35.5. The van der Waals surface area contributed by atoms with Gasteiger partial charge in [0.15, 0.2) is 0 Å². The van der Waals surface area contributed by atoms with Gasteiger partial charge in [-0.15, -0.1) is 11.6 Å². The number of allylic oxidation sites excluding steroid dienone is 3. The minimum Gasteiger partial charge on any atom is -0.489 e. The molecule has 1 saturated heterocycles. The second-order valence-corrected chi connectivity index (χ2v) is 11.7. The van der Waals surface area contributed by atoms with Gasteiger partial charge in [0.05, 0.1) is 17.4 Å². The average molecular weight is 498 g/mol. The van der Waals surface area contributed by atoms with E-state index in [0.29, 0.717) is 17.2 Å². The largest absolute Gasteiger partial charge is 0.489 e. The molecule has 2 atom stereocenters. The Hall–Kier alpha value is -2.49. The maximum atomic E-state index is 13.1. The third-order valence-corrected chi connectivity index (χ3v) is 8.42. The number of halogens is 1. The summed E-state index contributed by atoms with van der Waals surface area (Å²) in [6.07, 6.45) is 7.25. The number of amides is 1. The first-order valence-electron chi connectivity index (χ1n) is 12.4. The molecule has 1 heterocycles.